The Kier molecular flexibility index (Phi) is 3.39. The molecule has 1 atom stereocenters. The molecule has 0 radical (unpaired) electrons. The molecule has 1 unspecified atom stereocenters. The van der Waals surface area contributed by atoms with Crippen molar-refractivity contribution in [2.24, 2.45) is 0 Å². The first-order valence-corrected chi connectivity index (χ1v) is 6.91. The van der Waals surface area contributed by atoms with Gasteiger partial charge >= 0.3 is 5.69 Å². The van der Waals surface area contributed by atoms with Crippen LogP contribution in [-0.2, 0) is 0 Å². The average molecular weight is 278 g/mol. The van der Waals surface area contributed by atoms with Crippen LogP contribution in [0.15, 0.2) is 6.20 Å². The number of aromatic nitrogens is 2. The summed E-state index contributed by atoms with van der Waals surface area (Å²) in [6.45, 7) is 3.73. The van der Waals surface area contributed by atoms with Crippen LogP contribution in [0.4, 0.5) is 17.5 Å². The molecule has 2 saturated heterocycles. The molecule has 3 heterocycles. The fraction of sp³-hybridized carbons (Fsp3) is 0.667. The molecule has 0 bridgehead atoms. The van der Waals surface area contributed by atoms with Gasteiger partial charge in [-0.2, -0.15) is 4.98 Å². The standard InChI is InChI=1S/C12H18N6O2/c13-12-14-7-10(18(19)20)11(15-12)17-6-2-5-16-4-1-3-9(16)8-17/h7,9H,1-6,8H2,(H2,13,14,15). The summed E-state index contributed by atoms with van der Waals surface area (Å²) >= 11 is 0. The van der Waals surface area contributed by atoms with Crippen molar-refractivity contribution in [1.29, 1.82) is 0 Å². The molecule has 20 heavy (non-hydrogen) atoms. The molecule has 2 aliphatic heterocycles. The predicted molar refractivity (Wildman–Crippen MR) is 74.5 cm³/mol. The van der Waals surface area contributed by atoms with Crippen molar-refractivity contribution in [3.05, 3.63) is 16.3 Å². The molecule has 8 heteroatoms. The lowest BCUT2D eigenvalue weighted by Gasteiger charge is -2.26. The van der Waals surface area contributed by atoms with Gasteiger partial charge in [-0.05, 0) is 25.8 Å². The number of nitrogens with zero attached hydrogens (tertiary/aromatic N) is 5. The van der Waals surface area contributed by atoms with Gasteiger partial charge in [-0.15, -0.1) is 0 Å². The van der Waals surface area contributed by atoms with E-state index in [1.807, 2.05) is 4.90 Å². The highest BCUT2D eigenvalue weighted by atomic mass is 16.6. The van der Waals surface area contributed by atoms with Crippen molar-refractivity contribution >= 4 is 17.5 Å². The molecule has 2 fully saturated rings. The smallest absolute Gasteiger partial charge is 0.329 e. The van der Waals surface area contributed by atoms with Crippen LogP contribution < -0.4 is 10.6 Å². The van der Waals surface area contributed by atoms with Gasteiger partial charge in [-0.3, -0.25) is 15.0 Å². The largest absolute Gasteiger partial charge is 0.368 e. The van der Waals surface area contributed by atoms with Gasteiger partial charge in [0.1, 0.15) is 6.20 Å². The summed E-state index contributed by atoms with van der Waals surface area (Å²) < 4.78 is 0. The second kappa shape index (κ2) is 5.20. The normalized spacial score (nSPS) is 23.4. The van der Waals surface area contributed by atoms with Gasteiger partial charge in [0.05, 0.1) is 4.92 Å². The van der Waals surface area contributed by atoms with Gasteiger partial charge in [0.2, 0.25) is 11.8 Å². The zero-order valence-corrected chi connectivity index (χ0v) is 11.2. The Morgan fingerprint density at radius 2 is 2.15 bits per heavy atom. The number of fused-ring (bicyclic) bond motifs is 1. The molecule has 0 aromatic carbocycles. The lowest BCUT2D eigenvalue weighted by Crippen LogP contribution is -2.37. The van der Waals surface area contributed by atoms with Crippen LogP contribution in [0.25, 0.3) is 0 Å². The van der Waals surface area contributed by atoms with Crippen LogP contribution in [0, 0.1) is 10.1 Å². The van der Waals surface area contributed by atoms with Gasteiger partial charge in [0.15, 0.2) is 0 Å². The minimum Gasteiger partial charge on any atom is -0.368 e. The van der Waals surface area contributed by atoms with Gasteiger partial charge in [0, 0.05) is 25.7 Å². The van der Waals surface area contributed by atoms with Crippen LogP contribution >= 0.6 is 0 Å². The fourth-order valence-corrected chi connectivity index (χ4v) is 3.14. The number of rotatable bonds is 2. The molecule has 0 aliphatic carbocycles. The first-order valence-electron chi connectivity index (χ1n) is 6.91. The first-order chi connectivity index (χ1) is 9.65. The second-order valence-electron chi connectivity index (χ2n) is 5.33. The maximum absolute atomic E-state index is 11.1. The molecule has 0 amide bonds. The van der Waals surface area contributed by atoms with E-state index in [1.54, 1.807) is 0 Å². The third kappa shape index (κ3) is 2.38. The number of anilines is 2. The van der Waals surface area contributed by atoms with Crippen molar-refractivity contribution in [1.82, 2.24) is 14.9 Å². The zero-order valence-electron chi connectivity index (χ0n) is 11.2. The van der Waals surface area contributed by atoms with Crippen molar-refractivity contribution in [2.45, 2.75) is 25.3 Å². The summed E-state index contributed by atoms with van der Waals surface area (Å²) in [6.07, 6.45) is 4.53. The molecule has 1 aromatic rings. The van der Waals surface area contributed by atoms with Crippen molar-refractivity contribution in [2.75, 3.05) is 36.8 Å². The summed E-state index contributed by atoms with van der Waals surface area (Å²) in [4.78, 5) is 23.0. The quantitative estimate of drug-likeness (QED) is 0.625. The fourth-order valence-electron chi connectivity index (χ4n) is 3.14. The highest BCUT2D eigenvalue weighted by molar-refractivity contribution is 5.58. The summed E-state index contributed by atoms with van der Waals surface area (Å²) in [6, 6.07) is 0.466. The Balaban J connectivity index is 1.91. The number of hydrogen-bond donors (Lipinski definition) is 1. The lowest BCUT2D eigenvalue weighted by molar-refractivity contribution is -0.384. The highest BCUT2D eigenvalue weighted by Crippen LogP contribution is 2.29. The topological polar surface area (TPSA) is 101 Å². The Hall–Kier alpha value is -1.96. The maximum atomic E-state index is 11.1. The van der Waals surface area contributed by atoms with Gasteiger partial charge in [-0.25, -0.2) is 4.98 Å². The Labute approximate surface area is 116 Å². The van der Waals surface area contributed by atoms with E-state index >= 15 is 0 Å². The third-order valence-electron chi connectivity index (χ3n) is 4.07. The molecular weight excluding hydrogens is 260 g/mol. The predicted octanol–water partition coefficient (Wildman–Crippen LogP) is 0.641. The third-order valence-corrected chi connectivity index (χ3v) is 4.07. The van der Waals surface area contributed by atoms with Crippen LogP contribution in [0.1, 0.15) is 19.3 Å². The molecule has 108 valence electrons. The number of nitrogen functional groups attached to an aromatic ring is 1. The molecule has 3 rings (SSSR count). The van der Waals surface area contributed by atoms with Crippen LogP contribution in [-0.4, -0.2) is 52.0 Å². The van der Waals surface area contributed by atoms with E-state index in [2.05, 4.69) is 14.9 Å². The molecule has 2 aliphatic rings. The Morgan fingerprint density at radius 1 is 1.35 bits per heavy atom. The van der Waals surface area contributed by atoms with E-state index in [0.717, 1.165) is 39.0 Å². The second-order valence-corrected chi connectivity index (χ2v) is 5.33. The van der Waals surface area contributed by atoms with Gasteiger partial charge < -0.3 is 10.6 Å². The van der Waals surface area contributed by atoms with Crippen molar-refractivity contribution < 1.29 is 4.92 Å². The minimum atomic E-state index is -0.438. The first kappa shape index (κ1) is 13.0. The monoisotopic (exact) mass is 278 g/mol. The number of nitro groups is 1. The van der Waals surface area contributed by atoms with Crippen LogP contribution in [0.3, 0.4) is 0 Å². The van der Waals surface area contributed by atoms with Crippen LogP contribution in [0.5, 0.6) is 0 Å². The van der Waals surface area contributed by atoms with E-state index in [4.69, 9.17) is 5.73 Å². The molecule has 2 N–H and O–H groups in total. The van der Waals surface area contributed by atoms with E-state index in [0.29, 0.717) is 11.9 Å². The molecule has 8 nitrogen and oxygen atoms in total. The summed E-state index contributed by atoms with van der Waals surface area (Å²) in [5.41, 5.74) is 5.53. The van der Waals surface area contributed by atoms with Crippen molar-refractivity contribution in [3.63, 3.8) is 0 Å². The average Bonchev–Trinajstić information content (AvgIpc) is 2.75. The lowest BCUT2D eigenvalue weighted by atomic mass is 10.2. The molecule has 1 aromatic heterocycles. The molecule has 0 saturated carbocycles. The Morgan fingerprint density at radius 3 is 2.95 bits per heavy atom. The molecule has 0 spiro atoms. The van der Waals surface area contributed by atoms with E-state index in [1.165, 1.54) is 12.6 Å². The zero-order chi connectivity index (χ0) is 14.1. The number of hydrogen-bond acceptors (Lipinski definition) is 7. The summed E-state index contributed by atoms with van der Waals surface area (Å²) in [5.74, 6) is 0.439. The Bertz CT molecular complexity index is 523. The van der Waals surface area contributed by atoms with Crippen molar-refractivity contribution in [3.8, 4) is 0 Å². The SMILES string of the molecule is Nc1ncc([N+](=O)[O-])c(N2CCCN3CCCC3C2)n1. The highest BCUT2D eigenvalue weighted by Gasteiger charge is 2.32. The van der Waals surface area contributed by atoms with E-state index < -0.39 is 4.92 Å². The minimum absolute atomic E-state index is 0.0642. The molecular formula is C12H18N6O2. The van der Waals surface area contributed by atoms with E-state index in [-0.39, 0.29) is 11.6 Å². The van der Waals surface area contributed by atoms with Gasteiger partial charge in [0.25, 0.3) is 0 Å². The van der Waals surface area contributed by atoms with E-state index in [9.17, 15) is 10.1 Å². The maximum Gasteiger partial charge on any atom is 0.329 e. The van der Waals surface area contributed by atoms with Gasteiger partial charge in [-0.1, -0.05) is 0 Å². The number of nitrogens with two attached hydrogens (primary N) is 1. The summed E-state index contributed by atoms with van der Waals surface area (Å²) in [7, 11) is 0. The van der Waals surface area contributed by atoms with Crippen LogP contribution in [0.2, 0.25) is 0 Å². The summed E-state index contributed by atoms with van der Waals surface area (Å²) in [5, 5.41) is 11.1.